The maximum absolute atomic E-state index is 12.3. The molecule has 39 heavy (non-hydrogen) atoms. The van der Waals surface area contributed by atoms with Crippen LogP contribution in [0.5, 0.6) is 0 Å². The summed E-state index contributed by atoms with van der Waals surface area (Å²) in [4.78, 5) is 22.4. The van der Waals surface area contributed by atoms with E-state index in [1.54, 1.807) is 17.8 Å². The Hall–Kier alpha value is -2.02. The topological polar surface area (TPSA) is 135 Å². The number of anilines is 1. The van der Waals surface area contributed by atoms with E-state index in [-0.39, 0.29) is 24.5 Å². The van der Waals surface area contributed by atoms with Crippen molar-refractivity contribution in [3.63, 3.8) is 0 Å². The van der Waals surface area contributed by atoms with Crippen molar-refractivity contribution in [2.24, 2.45) is 5.41 Å². The van der Waals surface area contributed by atoms with Crippen LogP contribution >= 0.6 is 7.60 Å². The van der Waals surface area contributed by atoms with E-state index in [1.165, 1.54) is 51.3 Å². The molecule has 0 fully saturated rings. The lowest BCUT2D eigenvalue weighted by atomic mass is 9.97. The number of unbranched alkanes of at least 4 members (excludes halogenated alkanes) is 8. The first-order valence-corrected chi connectivity index (χ1v) is 15.9. The molecule has 0 bridgehead atoms. The zero-order chi connectivity index (χ0) is 28.6. The van der Waals surface area contributed by atoms with Crippen molar-refractivity contribution in [1.82, 2.24) is 19.5 Å². The van der Waals surface area contributed by atoms with E-state index < -0.39 is 7.60 Å². The molecule has 2 aromatic heterocycles. The lowest BCUT2D eigenvalue weighted by Crippen LogP contribution is -2.17. The second kappa shape index (κ2) is 17.6. The summed E-state index contributed by atoms with van der Waals surface area (Å²) < 4.78 is 30.4. The molecule has 2 aromatic rings. The highest BCUT2D eigenvalue weighted by Gasteiger charge is 2.21. The standard InChI is InChI=1S/C28H48N5O5P/c1-24(20-33-22-32-25-26(29)30-21-31-27(25)33)37-23-39(34,35)38-19-15-18-36-17-14-12-10-8-6-5-7-9-11-13-16-28(2,3)4/h21-22,24H,5-12,14-15,17-20,23H2,1-4H3,(H,34,35)(H2,29,30,31)/t24-/m1/s1. The quantitative estimate of drug-likeness (QED) is 0.114. The number of nitrogens with two attached hydrogens (primary N) is 1. The number of ether oxygens (including phenoxy) is 2. The molecule has 0 radical (unpaired) electrons. The van der Waals surface area contributed by atoms with Crippen molar-refractivity contribution in [2.45, 2.75) is 105 Å². The van der Waals surface area contributed by atoms with Gasteiger partial charge in [0.05, 0.1) is 25.6 Å². The Kier molecular flexibility index (Phi) is 15.0. The third kappa shape index (κ3) is 14.8. The average Bonchev–Trinajstić information content (AvgIpc) is 3.28. The lowest BCUT2D eigenvalue weighted by Gasteiger charge is -2.17. The molecule has 0 aliphatic rings. The minimum absolute atomic E-state index is 0.113. The van der Waals surface area contributed by atoms with Crippen molar-refractivity contribution < 1.29 is 23.5 Å². The first-order valence-electron chi connectivity index (χ1n) is 14.1. The maximum Gasteiger partial charge on any atom is 0.353 e. The van der Waals surface area contributed by atoms with E-state index in [1.807, 2.05) is 0 Å². The molecule has 0 saturated carbocycles. The van der Waals surface area contributed by atoms with Gasteiger partial charge in [-0.2, -0.15) is 0 Å². The van der Waals surface area contributed by atoms with Gasteiger partial charge in [-0.15, -0.1) is 5.92 Å². The van der Waals surface area contributed by atoms with Gasteiger partial charge >= 0.3 is 7.60 Å². The van der Waals surface area contributed by atoms with Crippen molar-refractivity contribution in [3.05, 3.63) is 12.7 Å². The van der Waals surface area contributed by atoms with Crippen LogP contribution in [0.25, 0.3) is 11.2 Å². The molecule has 2 heterocycles. The molecular weight excluding hydrogens is 517 g/mol. The molecule has 220 valence electrons. The van der Waals surface area contributed by atoms with Crippen LogP contribution in [0.2, 0.25) is 0 Å². The fourth-order valence-electron chi connectivity index (χ4n) is 3.90. The Morgan fingerprint density at radius 3 is 2.38 bits per heavy atom. The van der Waals surface area contributed by atoms with Gasteiger partial charge < -0.3 is 29.2 Å². The van der Waals surface area contributed by atoms with Gasteiger partial charge in [0.2, 0.25) is 0 Å². The molecule has 11 heteroatoms. The van der Waals surface area contributed by atoms with Gasteiger partial charge in [-0.25, -0.2) is 15.0 Å². The van der Waals surface area contributed by atoms with Gasteiger partial charge in [-0.05, 0) is 47.0 Å². The molecule has 10 nitrogen and oxygen atoms in total. The van der Waals surface area contributed by atoms with Crippen LogP contribution in [-0.2, 0) is 25.1 Å². The Morgan fingerprint density at radius 2 is 1.67 bits per heavy atom. The Morgan fingerprint density at radius 1 is 1.00 bits per heavy atom. The summed E-state index contributed by atoms with van der Waals surface area (Å²) in [5.41, 5.74) is 7.02. The van der Waals surface area contributed by atoms with E-state index in [0.717, 1.165) is 12.8 Å². The Bertz CT molecular complexity index is 1080. The smallest absolute Gasteiger partial charge is 0.353 e. The number of hydrogen-bond acceptors (Lipinski definition) is 8. The summed E-state index contributed by atoms with van der Waals surface area (Å²) in [5.74, 6) is 6.88. The second-order valence-electron chi connectivity index (χ2n) is 11.0. The van der Waals surface area contributed by atoms with Crippen molar-refractivity contribution in [1.29, 1.82) is 0 Å². The summed E-state index contributed by atoms with van der Waals surface area (Å²) in [7, 11) is -3.84. The predicted octanol–water partition coefficient (Wildman–Crippen LogP) is 5.94. The third-order valence-electron chi connectivity index (χ3n) is 5.94. The zero-order valence-electron chi connectivity index (χ0n) is 24.2. The fraction of sp³-hybridized carbons (Fsp3) is 0.750. The molecule has 0 spiro atoms. The highest BCUT2D eigenvalue weighted by molar-refractivity contribution is 7.52. The van der Waals surface area contributed by atoms with Crippen LogP contribution in [-0.4, -0.2) is 56.7 Å². The van der Waals surface area contributed by atoms with Crippen LogP contribution < -0.4 is 5.73 Å². The third-order valence-corrected chi connectivity index (χ3v) is 7.00. The SMILES string of the molecule is C[C@H](Cn1cnc2c(N)ncnc21)OCP(=O)(O)OCCCOCCCCCCCCCCC#CC(C)(C)C. The molecule has 2 rings (SSSR count). The first-order chi connectivity index (χ1) is 18.6. The molecule has 0 amide bonds. The largest absolute Gasteiger partial charge is 0.382 e. The average molecular weight is 566 g/mol. The summed E-state index contributed by atoms with van der Waals surface area (Å²) in [6, 6.07) is 0. The van der Waals surface area contributed by atoms with Crippen LogP contribution in [0.3, 0.4) is 0 Å². The van der Waals surface area contributed by atoms with Gasteiger partial charge in [0.15, 0.2) is 11.5 Å². The normalized spacial score (nSPS) is 14.2. The summed E-state index contributed by atoms with van der Waals surface area (Å²) in [6.07, 6.45) is 13.6. The second-order valence-corrected chi connectivity index (χ2v) is 12.8. The molecule has 0 aliphatic heterocycles. The molecule has 1 unspecified atom stereocenters. The number of fused-ring (bicyclic) bond motifs is 1. The Balaban J connectivity index is 1.41. The summed E-state index contributed by atoms with van der Waals surface area (Å²) in [6.45, 7) is 10.0. The number of imidazole rings is 1. The molecule has 0 aliphatic carbocycles. The van der Waals surface area contributed by atoms with E-state index in [9.17, 15) is 9.46 Å². The minimum atomic E-state index is -3.84. The lowest BCUT2D eigenvalue weighted by molar-refractivity contribution is 0.0688. The van der Waals surface area contributed by atoms with Crippen molar-refractivity contribution >= 4 is 24.6 Å². The van der Waals surface area contributed by atoms with Crippen molar-refractivity contribution in [2.75, 3.05) is 31.9 Å². The number of nitrogens with zero attached hydrogens (tertiary/aromatic N) is 4. The van der Waals surface area contributed by atoms with E-state index >= 15 is 0 Å². The molecular formula is C28H48N5O5P. The fourth-order valence-corrected chi connectivity index (χ4v) is 4.83. The molecule has 0 saturated heterocycles. The van der Waals surface area contributed by atoms with Crippen molar-refractivity contribution in [3.8, 4) is 11.8 Å². The highest BCUT2D eigenvalue weighted by atomic mass is 31.2. The minimum Gasteiger partial charge on any atom is -0.382 e. The number of rotatable bonds is 20. The van der Waals surface area contributed by atoms with Crippen LogP contribution in [0.4, 0.5) is 5.82 Å². The van der Waals surface area contributed by atoms with Gasteiger partial charge in [0, 0.05) is 25.0 Å². The van der Waals surface area contributed by atoms with Gasteiger partial charge in [0.25, 0.3) is 0 Å². The van der Waals surface area contributed by atoms with Gasteiger partial charge in [-0.3, -0.25) is 4.57 Å². The molecule has 2 atom stereocenters. The number of hydrogen-bond donors (Lipinski definition) is 2. The Labute approximate surface area is 234 Å². The highest BCUT2D eigenvalue weighted by Crippen LogP contribution is 2.42. The van der Waals surface area contributed by atoms with E-state index in [4.69, 9.17) is 19.7 Å². The molecule has 0 aromatic carbocycles. The summed E-state index contributed by atoms with van der Waals surface area (Å²) in [5, 5.41) is 0. The monoisotopic (exact) mass is 565 g/mol. The van der Waals surface area contributed by atoms with Crippen LogP contribution in [0.15, 0.2) is 12.7 Å². The first kappa shape index (κ1) is 33.2. The van der Waals surface area contributed by atoms with E-state index in [2.05, 4.69) is 47.6 Å². The zero-order valence-corrected chi connectivity index (χ0v) is 25.1. The number of nitrogen functional groups attached to an aromatic ring is 1. The van der Waals surface area contributed by atoms with E-state index in [0.29, 0.717) is 43.2 Å². The summed E-state index contributed by atoms with van der Waals surface area (Å²) >= 11 is 0. The number of aromatic nitrogens is 4. The predicted molar refractivity (Wildman–Crippen MR) is 155 cm³/mol. The molecule has 3 N–H and O–H groups in total. The van der Waals surface area contributed by atoms with Crippen LogP contribution in [0, 0.1) is 17.3 Å². The van der Waals surface area contributed by atoms with Gasteiger partial charge in [-0.1, -0.05) is 44.4 Å². The maximum atomic E-state index is 12.3. The van der Waals surface area contributed by atoms with Crippen LogP contribution in [0.1, 0.15) is 91.9 Å². The van der Waals surface area contributed by atoms with Gasteiger partial charge in [0.1, 0.15) is 18.2 Å².